The van der Waals surface area contributed by atoms with E-state index in [1.807, 2.05) is 72.8 Å². The number of carbonyl (C=O) groups excluding carboxylic acids is 1. The molecule has 1 heterocycles. The Morgan fingerprint density at radius 3 is 2.08 bits per heavy atom. The Labute approximate surface area is 231 Å². The molecule has 0 aliphatic carbocycles. The van der Waals surface area contributed by atoms with Gasteiger partial charge in [-0.2, -0.15) is 0 Å². The summed E-state index contributed by atoms with van der Waals surface area (Å²) in [6.07, 6.45) is 5.64. The fraction of sp³-hybridized carbons (Fsp3) is 0.394. The van der Waals surface area contributed by atoms with Crippen molar-refractivity contribution >= 4 is 11.9 Å². The van der Waals surface area contributed by atoms with Crippen LogP contribution in [-0.4, -0.2) is 48.1 Å². The minimum absolute atomic E-state index is 0.0969. The zero-order chi connectivity index (χ0) is 27.5. The second-order valence-corrected chi connectivity index (χ2v) is 10.5. The fourth-order valence-corrected chi connectivity index (χ4v) is 5.88. The van der Waals surface area contributed by atoms with E-state index < -0.39 is 11.4 Å². The van der Waals surface area contributed by atoms with Gasteiger partial charge in [0.05, 0.1) is 6.61 Å². The predicted octanol–water partition coefficient (Wildman–Crippen LogP) is 5.44. The average molecular weight is 529 g/mol. The van der Waals surface area contributed by atoms with E-state index >= 15 is 0 Å². The third kappa shape index (κ3) is 7.27. The quantitative estimate of drug-likeness (QED) is 0.256. The first-order chi connectivity index (χ1) is 19.0. The summed E-state index contributed by atoms with van der Waals surface area (Å²) in [5.41, 5.74) is 8.56. The van der Waals surface area contributed by atoms with Crippen LogP contribution in [0, 0.1) is 5.92 Å². The minimum atomic E-state index is -0.855. The Bertz CT molecular complexity index is 1140. The van der Waals surface area contributed by atoms with E-state index in [-0.39, 0.29) is 18.2 Å². The van der Waals surface area contributed by atoms with Gasteiger partial charge in [-0.3, -0.25) is 9.59 Å². The summed E-state index contributed by atoms with van der Waals surface area (Å²) < 4.78 is 5.85. The lowest BCUT2D eigenvalue weighted by Crippen LogP contribution is -2.49. The highest BCUT2D eigenvalue weighted by atomic mass is 16.5. The number of amides is 1. The molecule has 1 amide bonds. The molecule has 6 heteroatoms. The van der Waals surface area contributed by atoms with Crippen molar-refractivity contribution in [2.45, 2.75) is 50.4 Å². The number of primary amides is 1. The van der Waals surface area contributed by atoms with Gasteiger partial charge in [0, 0.05) is 19.5 Å². The molecule has 3 aromatic carbocycles. The molecule has 3 N–H and O–H groups in total. The summed E-state index contributed by atoms with van der Waals surface area (Å²) in [5, 5.41) is 8.69. The number of nitrogens with zero attached hydrogens (tertiary/aromatic N) is 1. The summed E-state index contributed by atoms with van der Waals surface area (Å²) in [5.74, 6) is -0.0566. The molecule has 4 rings (SSSR count). The number of hydrogen-bond donors (Lipinski definition) is 2. The van der Waals surface area contributed by atoms with E-state index in [0.717, 1.165) is 75.0 Å². The standard InChI is InChI=1S/C33H40N2O4/c34-32(38)33(27-11-5-3-6-12-27,28-13-7-4-8-14-28)29-21-23-35(25-29)22-20-26-16-18-30(19-17-26)39-24-10-2-1-9-15-31(36)37/h3-8,11-14,16-19,29H,1-2,9-10,15,20-25H2,(H2,34,38)(H,36,37). The van der Waals surface area contributed by atoms with Crippen LogP contribution in [0.4, 0.5) is 0 Å². The molecule has 1 fully saturated rings. The van der Waals surface area contributed by atoms with Crippen molar-refractivity contribution in [3.8, 4) is 5.75 Å². The lowest BCUT2D eigenvalue weighted by Gasteiger charge is -2.37. The van der Waals surface area contributed by atoms with Crippen molar-refractivity contribution in [1.82, 2.24) is 4.90 Å². The number of nitrogens with two attached hydrogens (primary N) is 1. The second-order valence-electron chi connectivity index (χ2n) is 10.5. The van der Waals surface area contributed by atoms with Crippen LogP contribution >= 0.6 is 0 Å². The summed E-state index contributed by atoms with van der Waals surface area (Å²) in [6.45, 7) is 3.32. The molecule has 0 radical (unpaired) electrons. The zero-order valence-electron chi connectivity index (χ0n) is 22.6. The van der Waals surface area contributed by atoms with Crippen molar-refractivity contribution in [1.29, 1.82) is 0 Å². The molecule has 0 saturated carbocycles. The van der Waals surface area contributed by atoms with Crippen molar-refractivity contribution in [3.63, 3.8) is 0 Å². The minimum Gasteiger partial charge on any atom is -0.494 e. The Morgan fingerprint density at radius 2 is 1.49 bits per heavy atom. The van der Waals surface area contributed by atoms with Gasteiger partial charge < -0.3 is 20.5 Å². The summed E-state index contributed by atoms with van der Waals surface area (Å²) >= 11 is 0. The zero-order valence-corrected chi connectivity index (χ0v) is 22.6. The molecule has 3 aromatic rings. The fourth-order valence-electron chi connectivity index (χ4n) is 5.88. The second kappa shape index (κ2) is 13.9. The lowest BCUT2D eigenvalue weighted by atomic mass is 9.64. The number of aliphatic carboxylic acids is 1. The Balaban J connectivity index is 1.31. The molecule has 1 saturated heterocycles. The molecule has 0 aromatic heterocycles. The van der Waals surface area contributed by atoms with Crippen LogP contribution < -0.4 is 10.5 Å². The van der Waals surface area contributed by atoms with Crippen LogP contribution in [-0.2, 0) is 21.4 Å². The Morgan fingerprint density at radius 1 is 0.872 bits per heavy atom. The molecular formula is C33H40N2O4. The highest BCUT2D eigenvalue weighted by Gasteiger charge is 2.49. The maximum absolute atomic E-state index is 13.3. The molecule has 1 aliphatic rings. The van der Waals surface area contributed by atoms with Gasteiger partial charge in [-0.05, 0) is 67.0 Å². The molecular weight excluding hydrogens is 488 g/mol. The first-order valence-corrected chi connectivity index (χ1v) is 14.1. The molecule has 1 aliphatic heterocycles. The monoisotopic (exact) mass is 528 g/mol. The average Bonchev–Trinajstić information content (AvgIpc) is 3.42. The number of likely N-dealkylation sites (tertiary alicyclic amines) is 1. The molecule has 39 heavy (non-hydrogen) atoms. The largest absolute Gasteiger partial charge is 0.494 e. The lowest BCUT2D eigenvalue weighted by molar-refractivity contribution is -0.137. The first-order valence-electron chi connectivity index (χ1n) is 14.1. The normalized spacial score (nSPS) is 15.7. The van der Waals surface area contributed by atoms with E-state index in [9.17, 15) is 9.59 Å². The van der Waals surface area contributed by atoms with Gasteiger partial charge in [0.1, 0.15) is 11.2 Å². The molecule has 206 valence electrons. The van der Waals surface area contributed by atoms with Crippen LogP contribution in [0.25, 0.3) is 0 Å². The van der Waals surface area contributed by atoms with E-state index in [1.54, 1.807) is 0 Å². The van der Waals surface area contributed by atoms with Crippen molar-refractivity contribution in [2.24, 2.45) is 11.7 Å². The van der Waals surface area contributed by atoms with Crippen LogP contribution in [0.5, 0.6) is 5.75 Å². The van der Waals surface area contributed by atoms with Crippen LogP contribution in [0.3, 0.4) is 0 Å². The number of ether oxygens (including phenoxy) is 1. The van der Waals surface area contributed by atoms with Crippen LogP contribution in [0.2, 0.25) is 0 Å². The van der Waals surface area contributed by atoms with E-state index in [4.69, 9.17) is 15.6 Å². The molecule has 0 spiro atoms. The third-order valence-electron chi connectivity index (χ3n) is 7.93. The topological polar surface area (TPSA) is 92.9 Å². The number of hydrogen-bond acceptors (Lipinski definition) is 4. The Kier molecular flexibility index (Phi) is 10.1. The molecule has 6 nitrogen and oxygen atoms in total. The van der Waals surface area contributed by atoms with Crippen molar-refractivity contribution < 1.29 is 19.4 Å². The highest BCUT2D eigenvalue weighted by Crippen LogP contribution is 2.43. The van der Waals surface area contributed by atoms with Gasteiger partial charge in [-0.25, -0.2) is 0 Å². The third-order valence-corrected chi connectivity index (χ3v) is 7.93. The van der Waals surface area contributed by atoms with Crippen molar-refractivity contribution in [2.75, 3.05) is 26.2 Å². The smallest absolute Gasteiger partial charge is 0.303 e. The Hall–Kier alpha value is -3.64. The van der Waals surface area contributed by atoms with Crippen LogP contribution in [0.15, 0.2) is 84.9 Å². The maximum atomic E-state index is 13.3. The maximum Gasteiger partial charge on any atom is 0.303 e. The van der Waals surface area contributed by atoms with Gasteiger partial charge >= 0.3 is 5.97 Å². The predicted molar refractivity (Wildman–Crippen MR) is 154 cm³/mol. The molecule has 1 atom stereocenters. The van der Waals surface area contributed by atoms with Crippen LogP contribution in [0.1, 0.15) is 55.2 Å². The number of unbranched alkanes of at least 4 members (excludes halogenated alkanes) is 3. The van der Waals surface area contributed by atoms with Gasteiger partial charge in [-0.15, -0.1) is 0 Å². The summed E-state index contributed by atoms with van der Waals surface area (Å²) in [6, 6.07) is 28.3. The van der Waals surface area contributed by atoms with Gasteiger partial charge in [0.2, 0.25) is 5.91 Å². The van der Waals surface area contributed by atoms with E-state index in [1.165, 1.54) is 5.56 Å². The number of carboxylic acids is 1. The molecule has 0 bridgehead atoms. The van der Waals surface area contributed by atoms with Gasteiger partial charge in [0.25, 0.3) is 0 Å². The van der Waals surface area contributed by atoms with Gasteiger partial charge in [-0.1, -0.05) is 85.6 Å². The molecule has 1 unspecified atom stereocenters. The number of carbonyl (C=O) groups is 2. The van der Waals surface area contributed by atoms with Gasteiger partial charge in [0.15, 0.2) is 0 Å². The van der Waals surface area contributed by atoms with Crippen molar-refractivity contribution in [3.05, 3.63) is 102 Å². The first kappa shape index (κ1) is 28.4. The number of carboxylic acid groups (broad SMARTS) is 1. The van der Waals surface area contributed by atoms with E-state index in [2.05, 4.69) is 17.0 Å². The summed E-state index contributed by atoms with van der Waals surface area (Å²) in [7, 11) is 0. The highest BCUT2D eigenvalue weighted by molar-refractivity contribution is 5.91. The SMILES string of the molecule is NC(=O)C(c1ccccc1)(c1ccccc1)C1CCN(CCc2ccc(OCCCCCCC(=O)O)cc2)C1. The van der Waals surface area contributed by atoms with E-state index in [0.29, 0.717) is 6.61 Å². The number of rotatable bonds is 15. The number of benzene rings is 3. The summed E-state index contributed by atoms with van der Waals surface area (Å²) in [4.78, 5) is 26.3.